The van der Waals surface area contributed by atoms with Crippen LogP contribution in [0.1, 0.15) is 18.1 Å². The number of amides is 2. The molecule has 0 spiro atoms. The summed E-state index contributed by atoms with van der Waals surface area (Å²) in [5, 5.41) is 1.89. The number of carbonyl (C=O) groups excluding carboxylic acids is 3. The molecule has 1 aromatic carbocycles. The second-order valence-electron chi connectivity index (χ2n) is 5.86. The minimum Gasteiger partial charge on any atom is -0.453 e. The van der Waals surface area contributed by atoms with Crippen molar-refractivity contribution in [2.24, 2.45) is 0 Å². The number of nitrogens with zero attached hydrogens (tertiary/aromatic N) is 1. The van der Waals surface area contributed by atoms with Crippen LogP contribution < -0.4 is 5.32 Å². The molecule has 0 aliphatic carbocycles. The van der Waals surface area contributed by atoms with Gasteiger partial charge in [-0.15, -0.1) is 0 Å². The van der Waals surface area contributed by atoms with E-state index in [9.17, 15) is 22.8 Å². The molecular weight excluding hydrogens is 364 g/mol. The predicted octanol–water partition coefficient (Wildman–Crippen LogP) is 0.187. The van der Waals surface area contributed by atoms with E-state index >= 15 is 0 Å². The fourth-order valence-electron chi connectivity index (χ4n) is 2.61. The molecular formula is C16H20N2O7S. The van der Waals surface area contributed by atoms with Crippen molar-refractivity contribution in [3.63, 3.8) is 0 Å². The topological polar surface area (TPSA) is 119 Å². The van der Waals surface area contributed by atoms with Gasteiger partial charge < -0.3 is 9.47 Å². The van der Waals surface area contributed by atoms with E-state index < -0.39 is 40.1 Å². The molecule has 0 saturated carbocycles. The smallest absolute Gasteiger partial charge is 0.413 e. The van der Waals surface area contributed by atoms with Gasteiger partial charge in [-0.2, -0.15) is 4.31 Å². The van der Waals surface area contributed by atoms with Gasteiger partial charge >= 0.3 is 12.1 Å². The molecule has 2 rings (SSSR count). The van der Waals surface area contributed by atoms with Crippen molar-refractivity contribution in [2.75, 3.05) is 13.4 Å². The Morgan fingerprint density at radius 2 is 1.85 bits per heavy atom. The molecule has 0 radical (unpaired) electrons. The number of hydrogen-bond donors (Lipinski definition) is 1. The summed E-state index contributed by atoms with van der Waals surface area (Å²) in [6, 6.07) is 6.10. The van der Waals surface area contributed by atoms with Crippen LogP contribution in [0, 0.1) is 0 Å². The number of esters is 1. The zero-order valence-corrected chi connectivity index (χ0v) is 15.4. The number of alkyl carbamates (subject to hydrolysis) is 1. The number of hydrogen-bond acceptors (Lipinski definition) is 7. The Morgan fingerprint density at radius 1 is 1.23 bits per heavy atom. The summed E-state index contributed by atoms with van der Waals surface area (Å²) < 4.78 is 34.6. The molecule has 0 bridgehead atoms. The molecule has 1 heterocycles. The summed E-state index contributed by atoms with van der Waals surface area (Å²) in [6.45, 7) is 1.31. The molecule has 26 heavy (non-hydrogen) atoms. The number of imide groups is 1. The second kappa shape index (κ2) is 7.83. The van der Waals surface area contributed by atoms with Crippen LogP contribution in [0.3, 0.4) is 0 Å². The van der Waals surface area contributed by atoms with E-state index in [1.165, 1.54) is 6.92 Å². The molecule has 1 aromatic rings. The molecule has 2 atom stereocenters. The Hall–Kier alpha value is -2.46. The summed E-state index contributed by atoms with van der Waals surface area (Å²) in [5.41, 5.74) is 1.64. The summed E-state index contributed by atoms with van der Waals surface area (Å²) >= 11 is 0. The number of fused-ring (bicyclic) bond motifs is 1. The molecule has 0 unspecified atom stereocenters. The number of nitrogens with one attached hydrogen (secondary N) is 1. The predicted molar refractivity (Wildman–Crippen MR) is 90.4 cm³/mol. The molecule has 1 N–H and O–H groups in total. The van der Waals surface area contributed by atoms with E-state index in [1.54, 1.807) is 18.2 Å². The first-order valence-corrected chi connectivity index (χ1v) is 9.61. The summed E-state index contributed by atoms with van der Waals surface area (Å²) in [7, 11) is -2.60. The van der Waals surface area contributed by atoms with Crippen LogP contribution in [-0.4, -0.2) is 56.2 Å². The van der Waals surface area contributed by atoms with Gasteiger partial charge in [-0.05, 0) is 18.1 Å². The summed E-state index contributed by atoms with van der Waals surface area (Å²) in [6.07, 6.45) is -1.13. The van der Waals surface area contributed by atoms with Gasteiger partial charge in [0.05, 0.1) is 13.4 Å². The highest BCUT2D eigenvalue weighted by atomic mass is 32.2. The zero-order chi connectivity index (χ0) is 19.5. The lowest BCUT2D eigenvalue weighted by atomic mass is 9.96. The Balaban J connectivity index is 2.17. The van der Waals surface area contributed by atoms with E-state index in [0.29, 0.717) is 0 Å². The normalized spacial score (nSPS) is 18.3. The van der Waals surface area contributed by atoms with Gasteiger partial charge in [0.2, 0.25) is 10.0 Å². The SMILES string of the molecule is COC(=O)NC(=O)[C@@H](C)OC(=O)[C@@H]1Cc2ccccc2CN1S(C)(=O)=O. The molecule has 1 aliphatic rings. The molecule has 2 amide bonds. The van der Waals surface area contributed by atoms with Gasteiger partial charge in [-0.25, -0.2) is 13.2 Å². The van der Waals surface area contributed by atoms with Crippen molar-refractivity contribution < 1.29 is 32.3 Å². The van der Waals surface area contributed by atoms with Gasteiger partial charge in [-0.3, -0.25) is 14.9 Å². The van der Waals surface area contributed by atoms with Crippen molar-refractivity contribution in [1.82, 2.24) is 9.62 Å². The van der Waals surface area contributed by atoms with Crippen LogP contribution in [0.2, 0.25) is 0 Å². The van der Waals surface area contributed by atoms with Crippen molar-refractivity contribution >= 4 is 28.0 Å². The maximum atomic E-state index is 12.5. The lowest BCUT2D eigenvalue weighted by Crippen LogP contribution is -2.50. The van der Waals surface area contributed by atoms with Gasteiger partial charge in [0.25, 0.3) is 5.91 Å². The highest BCUT2D eigenvalue weighted by Gasteiger charge is 2.39. The Bertz CT molecular complexity index is 822. The van der Waals surface area contributed by atoms with Gasteiger partial charge in [0.1, 0.15) is 6.04 Å². The van der Waals surface area contributed by atoms with Crippen molar-refractivity contribution in [2.45, 2.75) is 32.0 Å². The number of rotatable bonds is 4. The second-order valence-corrected chi connectivity index (χ2v) is 7.79. The average molecular weight is 384 g/mol. The van der Waals surface area contributed by atoms with Crippen LogP contribution in [-0.2, 0) is 42.1 Å². The maximum absolute atomic E-state index is 12.5. The van der Waals surface area contributed by atoms with E-state index in [1.807, 2.05) is 11.4 Å². The molecule has 1 aliphatic heterocycles. The number of carbonyl (C=O) groups is 3. The first kappa shape index (κ1) is 19.9. The van der Waals surface area contributed by atoms with Crippen molar-refractivity contribution in [1.29, 1.82) is 0 Å². The van der Waals surface area contributed by atoms with Crippen LogP contribution in [0.15, 0.2) is 24.3 Å². The summed E-state index contributed by atoms with van der Waals surface area (Å²) in [4.78, 5) is 35.3. The van der Waals surface area contributed by atoms with Crippen LogP contribution in [0.5, 0.6) is 0 Å². The molecule has 0 saturated heterocycles. The standard InChI is InChI=1S/C16H20N2O7S/c1-10(14(19)17-16(21)24-2)25-15(20)13-8-11-6-4-5-7-12(11)9-18(13)26(3,22)23/h4-7,10,13H,8-9H2,1-3H3,(H,17,19,21)/t10-,13+/m1/s1. The Labute approximate surface area is 151 Å². The highest BCUT2D eigenvalue weighted by Crippen LogP contribution is 2.26. The average Bonchev–Trinajstić information content (AvgIpc) is 2.59. The number of sulfonamides is 1. The first-order chi connectivity index (χ1) is 12.1. The number of ether oxygens (including phenoxy) is 2. The Morgan fingerprint density at radius 3 is 2.42 bits per heavy atom. The van der Waals surface area contributed by atoms with Crippen LogP contribution >= 0.6 is 0 Å². The zero-order valence-electron chi connectivity index (χ0n) is 14.6. The van der Waals surface area contributed by atoms with Gasteiger partial charge in [0, 0.05) is 13.0 Å². The van der Waals surface area contributed by atoms with E-state index in [4.69, 9.17) is 4.74 Å². The molecule has 10 heteroatoms. The van der Waals surface area contributed by atoms with Gasteiger partial charge in [0.15, 0.2) is 6.10 Å². The van der Waals surface area contributed by atoms with Gasteiger partial charge in [-0.1, -0.05) is 24.3 Å². The minimum absolute atomic E-state index is 0.0392. The quantitative estimate of drug-likeness (QED) is 0.736. The lowest BCUT2D eigenvalue weighted by molar-refractivity contribution is -0.158. The van der Waals surface area contributed by atoms with Crippen LogP contribution in [0.4, 0.5) is 4.79 Å². The lowest BCUT2D eigenvalue weighted by Gasteiger charge is -2.33. The summed E-state index contributed by atoms with van der Waals surface area (Å²) in [5.74, 6) is -1.73. The highest BCUT2D eigenvalue weighted by molar-refractivity contribution is 7.88. The van der Waals surface area contributed by atoms with E-state index in [0.717, 1.165) is 28.8 Å². The van der Waals surface area contributed by atoms with Crippen LogP contribution in [0.25, 0.3) is 0 Å². The fraction of sp³-hybridized carbons (Fsp3) is 0.438. The van der Waals surface area contributed by atoms with E-state index in [2.05, 4.69) is 4.74 Å². The van der Waals surface area contributed by atoms with Crippen molar-refractivity contribution in [3.8, 4) is 0 Å². The monoisotopic (exact) mass is 384 g/mol. The third-order valence-electron chi connectivity index (χ3n) is 3.98. The van der Waals surface area contributed by atoms with E-state index in [-0.39, 0.29) is 13.0 Å². The number of methoxy groups -OCH3 is 1. The molecule has 142 valence electrons. The first-order valence-electron chi connectivity index (χ1n) is 7.76. The molecule has 9 nitrogen and oxygen atoms in total. The molecule has 0 aromatic heterocycles. The Kier molecular flexibility index (Phi) is 5.98. The number of benzene rings is 1. The fourth-order valence-corrected chi connectivity index (χ4v) is 3.60. The minimum atomic E-state index is -3.68. The molecule has 0 fully saturated rings. The largest absolute Gasteiger partial charge is 0.453 e. The van der Waals surface area contributed by atoms with Crippen molar-refractivity contribution in [3.05, 3.63) is 35.4 Å². The maximum Gasteiger partial charge on any atom is 0.413 e. The third kappa shape index (κ3) is 4.58. The third-order valence-corrected chi connectivity index (χ3v) is 5.21.